The number of hydrogen-bond donors (Lipinski definition) is 0. The highest BCUT2D eigenvalue weighted by molar-refractivity contribution is 6.35. The normalized spacial score (nSPS) is 15.5. The van der Waals surface area contributed by atoms with Gasteiger partial charge in [-0.2, -0.15) is 10.1 Å². The smallest absolute Gasteiger partial charge is 0.259 e. The van der Waals surface area contributed by atoms with E-state index in [4.69, 9.17) is 16.1 Å². The standard InChI is InChI=1S/C24H23ClN6O3/c1-24(23-28-22(34-29-23)16-4-3-11-26-14-16)9-12-30(13-10-24)20(32)7-8-21(33)31-19-6-2-5-18(25)17(19)15-27-31/h2-6,11,14-15H,7-10,12-13H2,1H3. The average Bonchev–Trinajstić information content (AvgIpc) is 3.52. The molecule has 34 heavy (non-hydrogen) atoms. The van der Waals surface area contributed by atoms with E-state index in [0.717, 1.165) is 5.56 Å². The highest BCUT2D eigenvalue weighted by Crippen LogP contribution is 2.34. The van der Waals surface area contributed by atoms with E-state index in [-0.39, 0.29) is 30.1 Å². The first kappa shape index (κ1) is 22.2. The van der Waals surface area contributed by atoms with Crippen molar-refractivity contribution in [3.8, 4) is 11.5 Å². The number of halogens is 1. The van der Waals surface area contributed by atoms with E-state index >= 15 is 0 Å². The minimum atomic E-state index is -0.288. The van der Waals surface area contributed by atoms with E-state index in [0.29, 0.717) is 53.6 Å². The topological polar surface area (TPSA) is 107 Å². The third-order valence-corrected chi connectivity index (χ3v) is 6.77. The maximum Gasteiger partial charge on any atom is 0.259 e. The number of hydrogen-bond acceptors (Lipinski definition) is 7. The molecule has 0 radical (unpaired) electrons. The van der Waals surface area contributed by atoms with Gasteiger partial charge >= 0.3 is 0 Å². The van der Waals surface area contributed by atoms with Crippen molar-refractivity contribution >= 4 is 34.3 Å². The fourth-order valence-electron chi connectivity index (χ4n) is 4.24. The molecule has 174 valence electrons. The Morgan fingerprint density at radius 2 is 1.88 bits per heavy atom. The number of fused-ring (bicyclic) bond motifs is 1. The van der Waals surface area contributed by atoms with E-state index < -0.39 is 0 Å². The Balaban J connectivity index is 1.18. The van der Waals surface area contributed by atoms with Crippen LogP contribution in [0.25, 0.3) is 22.4 Å². The van der Waals surface area contributed by atoms with Crippen LogP contribution in [0.2, 0.25) is 5.02 Å². The second-order valence-electron chi connectivity index (χ2n) is 8.73. The van der Waals surface area contributed by atoms with Crippen LogP contribution in [0, 0.1) is 0 Å². The van der Waals surface area contributed by atoms with Gasteiger partial charge in [0.05, 0.1) is 22.3 Å². The van der Waals surface area contributed by atoms with Crippen molar-refractivity contribution < 1.29 is 14.1 Å². The van der Waals surface area contributed by atoms with Gasteiger partial charge in [0.2, 0.25) is 11.8 Å². The molecule has 0 spiro atoms. The van der Waals surface area contributed by atoms with Crippen LogP contribution in [0.1, 0.15) is 43.2 Å². The minimum absolute atomic E-state index is 0.0472. The summed E-state index contributed by atoms with van der Waals surface area (Å²) in [6, 6.07) is 9.00. The first-order chi connectivity index (χ1) is 16.4. The minimum Gasteiger partial charge on any atom is -0.343 e. The lowest BCUT2D eigenvalue weighted by atomic mass is 9.79. The first-order valence-electron chi connectivity index (χ1n) is 11.1. The molecule has 4 aromatic rings. The van der Waals surface area contributed by atoms with Crippen LogP contribution in [-0.4, -0.2) is 54.7 Å². The molecule has 1 fully saturated rings. The van der Waals surface area contributed by atoms with Gasteiger partial charge in [0.25, 0.3) is 5.89 Å². The Bertz CT molecular complexity index is 1340. The van der Waals surface area contributed by atoms with Crippen molar-refractivity contribution in [1.29, 1.82) is 0 Å². The molecule has 1 aromatic carbocycles. The molecular formula is C24H23ClN6O3. The summed E-state index contributed by atoms with van der Waals surface area (Å²) < 4.78 is 6.76. The summed E-state index contributed by atoms with van der Waals surface area (Å²) in [6.45, 7) is 3.23. The first-order valence-corrected chi connectivity index (χ1v) is 11.5. The summed E-state index contributed by atoms with van der Waals surface area (Å²) >= 11 is 6.16. The molecule has 0 unspecified atom stereocenters. The summed E-state index contributed by atoms with van der Waals surface area (Å²) in [4.78, 5) is 35.9. The average molecular weight is 479 g/mol. The fraction of sp³-hybridized carbons (Fsp3) is 0.333. The number of benzene rings is 1. The highest BCUT2D eigenvalue weighted by Gasteiger charge is 2.37. The fourth-order valence-corrected chi connectivity index (χ4v) is 4.46. The molecule has 0 bridgehead atoms. The number of carbonyl (C=O) groups is 2. The molecule has 0 saturated carbocycles. The van der Waals surface area contributed by atoms with Gasteiger partial charge in [-0.25, -0.2) is 4.68 Å². The molecule has 5 rings (SSSR count). The van der Waals surface area contributed by atoms with Crippen LogP contribution in [-0.2, 0) is 10.2 Å². The Kier molecular flexibility index (Phi) is 5.87. The molecule has 1 aliphatic rings. The van der Waals surface area contributed by atoms with E-state index in [1.54, 1.807) is 41.7 Å². The molecule has 4 heterocycles. The summed E-state index contributed by atoms with van der Waals surface area (Å²) in [5, 5.41) is 9.60. The molecule has 10 heteroatoms. The zero-order chi connectivity index (χ0) is 23.7. The van der Waals surface area contributed by atoms with Crippen molar-refractivity contribution in [2.75, 3.05) is 13.1 Å². The van der Waals surface area contributed by atoms with Gasteiger partial charge in [-0.3, -0.25) is 14.6 Å². The van der Waals surface area contributed by atoms with Gasteiger partial charge in [0.1, 0.15) is 0 Å². The Labute approximate surface area is 200 Å². The lowest BCUT2D eigenvalue weighted by Crippen LogP contribution is -2.44. The van der Waals surface area contributed by atoms with Crippen molar-refractivity contribution in [3.05, 3.63) is 59.8 Å². The van der Waals surface area contributed by atoms with Gasteiger partial charge in [-0.05, 0) is 37.1 Å². The van der Waals surface area contributed by atoms with Gasteiger partial charge in [-0.1, -0.05) is 29.7 Å². The quantitative estimate of drug-likeness (QED) is 0.424. The maximum absolute atomic E-state index is 12.8. The van der Waals surface area contributed by atoms with E-state index in [9.17, 15) is 9.59 Å². The maximum atomic E-state index is 12.8. The third-order valence-electron chi connectivity index (χ3n) is 6.44. The van der Waals surface area contributed by atoms with Crippen LogP contribution >= 0.6 is 11.6 Å². The molecule has 1 saturated heterocycles. The second-order valence-corrected chi connectivity index (χ2v) is 9.14. The number of likely N-dealkylation sites (tertiary alicyclic amines) is 1. The van der Waals surface area contributed by atoms with Gasteiger partial charge in [-0.15, -0.1) is 0 Å². The van der Waals surface area contributed by atoms with Crippen LogP contribution < -0.4 is 0 Å². The number of amides is 1. The van der Waals surface area contributed by atoms with Crippen molar-refractivity contribution in [1.82, 2.24) is 29.8 Å². The van der Waals surface area contributed by atoms with Gasteiger partial charge < -0.3 is 9.42 Å². The van der Waals surface area contributed by atoms with Crippen molar-refractivity contribution in [3.63, 3.8) is 0 Å². The predicted octanol–water partition coefficient (Wildman–Crippen LogP) is 4.14. The summed E-state index contributed by atoms with van der Waals surface area (Å²) in [5.74, 6) is 0.794. The zero-order valence-electron chi connectivity index (χ0n) is 18.6. The largest absolute Gasteiger partial charge is 0.343 e. The van der Waals surface area contributed by atoms with E-state index in [1.165, 1.54) is 4.68 Å². The van der Waals surface area contributed by atoms with Crippen LogP contribution in [0.5, 0.6) is 0 Å². The summed E-state index contributed by atoms with van der Waals surface area (Å²) in [5.41, 5.74) is 1.13. The van der Waals surface area contributed by atoms with Crippen molar-refractivity contribution in [2.45, 2.75) is 38.0 Å². The molecule has 0 N–H and O–H groups in total. The Hall–Kier alpha value is -3.59. The second kappa shape index (κ2) is 8.98. The van der Waals surface area contributed by atoms with Gasteiger partial charge in [0.15, 0.2) is 5.82 Å². The number of piperidine rings is 1. The summed E-state index contributed by atoms with van der Waals surface area (Å²) in [6.07, 6.45) is 6.57. The number of pyridine rings is 1. The Morgan fingerprint density at radius 3 is 2.65 bits per heavy atom. The SMILES string of the molecule is CC1(c2noc(-c3cccnc3)n2)CCN(C(=O)CCC(=O)n2ncc3c(Cl)cccc32)CC1. The third kappa shape index (κ3) is 4.19. The van der Waals surface area contributed by atoms with Crippen molar-refractivity contribution in [2.24, 2.45) is 0 Å². The monoisotopic (exact) mass is 478 g/mol. The van der Waals surface area contributed by atoms with E-state index in [1.807, 2.05) is 12.1 Å². The van der Waals surface area contributed by atoms with E-state index in [2.05, 4.69) is 27.1 Å². The van der Waals surface area contributed by atoms with Gasteiger partial charge in [0, 0.05) is 49.1 Å². The molecule has 9 nitrogen and oxygen atoms in total. The molecule has 1 amide bonds. The van der Waals surface area contributed by atoms with Crippen LogP contribution in [0.15, 0.2) is 53.4 Å². The number of aromatic nitrogens is 5. The number of carbonyl (C=O) groups excluding carboxylic acids is 2. The molecule has 1 aliphatic heterocycles. The predicted molar refractivity (Wildman–Crippen MR) is 125 cm³/mol. The number of nitrogens with zero attached hydrogens (tertiary/aromatic N) is 6. The zero-order valence-corrected chi connectivity index (χ0v) is 19.4. The molecule has 0 aliphatic carbocycles. The van der Waals surface area contributed by atoms with Crippen LogP contribution in [0.3, 0.4) is 0 Å². The number of rotatable bonds is 5. The molecule has 3 aromatic heterocycles. The van der Waals surface area contributed by atoms with Crippen LogP contribution in [0.4, 0.5) is 0 Å². The Morgan fingerprint density at radius 1 is 1.09 bits per heavy atom. The lowest BCUT2D eigenvalue weighted by molar-refractivity contribution is -0.132. The lowest BCUT2D eigenvalue weighted by Gasteiger charge is -2.37. The molecule has 0 atom stereocenters. The summed E-state index contributed by atoms with van der Waals surface area (Å²) in [7, 11) is 0. The molecular weight excluding hydrogens is 456 g/mol. The highest BCUT2D eigenvalue weighted by atomic mass is 35.5.